The van der Waals surface area contributed by atoms with Crippen LogP contribution in [0.2, 0.25) is 5.15 Å². The third-order valence-corrected chi connectivity index (χ3v) is 4.47. The van der Waals surface area contributed by atoms with Crippen molar-refractivity contribution in [2.75, 3.05) is 6.54 Å². The molecule has 3 nitrogen and oxygen atoms in total. The van der Waals surface area contributed by atoms with Gasteiger partial charge in [-0.3, -0.25) is 4.79 Å². The second-order valence-electron chi connectivity index (χ2n) is 5.27. The number of likely N-dealkylation sites (tertiary alicyclic amines) is 1. The molecule has 0 spiro atoms. The maximum absolute atomic E-state index is 12.5. The van der Waals surface area contributed by atoms with Crippen LogP contribution in [-0.2, 0) is 0 Å². The van der Waals surface area contributed by atoms with Crippen molar-refractivity contribution in [2.45, 2.75) is 38.1 Å². The molecule has 0 bridgehead atoms. The molecule has 1 aromatic heterocycles. The van der Waals surface area contributed by atoms with E-state index in [-0.39, 0.29) is 5.91 Å². The molecule has 2 atom stereocenters. The van der Waals surface area contributed by atoms with Crippen molar-refractivity contribution in [3.63, 3.8) is 0 Å². The Balaban J connectivity index is 1.78. The molecule has 1 aliphatic heterocycles. The van der Waals surface area contributed by atoms with Gasteiger partial charge in [0.05, 0.1) is 5.56 Å². The molecular formula is C14H17ClN2O. The molecule has 2 aliphatic rings. The molecule has 2 fully saturated rings. The van der Waals surface area contributed by atoms with Crippen molar-refractivity contribution in [2.24, 2.45) is 5.92 Å². The number of halogens is 1. The van der Waals surface area contributed by atoms with E-state index in [1.165, 1.54) is 19.3 Å². The first-order valence-corrected chi connectivity index (χ1v) is 7.06. The summed E-state index contributed by atoms with van der Waals surface area (Å²) in [5.74, 6) is 0.844. The summed E-state index contributed by atoms with van der Waals surface area (Å²) in [6, 6.07) is 3.92. The maximum atomic E-state index is 12.5. The number of carbonyl (C=O) groups excluding carboxylic acids is 1. The zero-order valence-electron chi connectivity index (χ0n) is 10.3. The van der Waals surface area contributed by atoms with Crippen LogP contribution in [0.15, 0.2) is 18.3 Å². The van der Waals surface area contributed by atoms with E-state index in [0.717, 1.165) is 25.3 Å². The summed E-state index contributed by atoms with van der Waals surface area (Å²) < 4.78 is 0. The number of hydrogen-bond donors (Lipinski definition) is 0. The van der Waals surface area contributed by atoms with Crippen molar-refractivity contribution in [1.82, 2.24) is 9.88 Å². The van der Waals surface area contributed by atoms with Gasteiger partial charge in [-0.1, -0.05) is 24.4 Å². The molecule has 0 aromatic carbocycles. The lowest BCUT2D eigenvalue weighted by Gasteiger charge is -2.31. The van der Waals surface area contributed by atoms with E-state index in [4.69, 9.17) is 11.6 Å². The fourth-order valence-corrected chi connectivity index (χ4v) is 3.44. The van der Waals surface area contributed by atoms with Gasteiger partial charge in [-0.2, -0.15) is 0 Å². The highest BCUT2D eigenvalue weighted by Gasteiger charge is 2.38. The normalized spacial score (nSPS) is 27.1. The number of carbonyl (C=O) groups is 1. The van der Waals surface area contributed by atoms with E-state index in [1.54, 1.807) is 18.3 Å². The summed E-state index contributed by atoms with van der Waals surface area (Å²) in [6.07, 6.45) is 7.78. The van der Waals surface area contributed by atoms with Crippen LogP contribution < -0.4 is 0 Å². The van der Waals surface area contributed by atoms with Gasteiger partial charge in [-0.05, 0) is 37.3 Å². The van der Waals surface area contributed by atoms with E-state index in [9.17, 15) is 4.79 Å². The Morgan fingerprint density at radius 1 is 1.28 bits per heavy atom. The van der Waals surface area contributed by atoms with Gasteiger partial charge < -0.3 is 4.90 Å². The average Bonchev–Trinajstić information content (AvgIpc) is 2.82. The van der Waals surface area contributed by atoms with Crippen molar-refractivity contribution in [3.8, 4) is 0 Å². The summed E-state index contributed by atoms with van der Waals surface area (Å²) in [5, 5.41) is 0.434. The topological polar surface area (TPSA) is 33.2 Å². The first-order valence-electron chi connectivity index (χ1n) is 6.68. The third kappa shape index (κ3) is 2.12. The van der Waals surface area contributed by atoms with E-state index in [2.05, 4.69) is 9.88 Å². The Labute approximate surface area is 112 Å². The van der Waals surface area contributed by atoms with E-state index >= 15 is 0 Å². The van der Waals surface area contributed by atoms with E-state index < -0.39 is 0 Å². The van der Waals surface area contributed by atoms with Gasteiger partial charge >= 0.3 is 0 Å². The van der Waals surface area contributed by atoms with Crippen LogP contribution >= 0.6 is 11.6 Å². The fourth-order valence-electron chi connectivity index (χ4n) is 3.33. The summed E-state index contributed by atoms with van der Waals surface area (Å²) >= 11 is 5.75. The highest BCUT2D eigenvalue weighted by Crippen LogP contribution is 2.36. The van der Waals surface area contributed by atoms with Gasteiger partial charge in [0.2, 0.25) is 0 Å². The molecular weight excluding hydrogens is 248 g/mol. The zero-order chi connectivity index (χ0) is 12.5. The Kier molecular flexibility index (Phi) is 3.25. The molecule has 1 amide bonds. The molecule has 1 saturated carbocycles. The third-order valence-electron chi connectivity index (χ3n) is 4.25. The summed E-state index contributed by atoms with van der Waals surface area (Å²) in [6.45, 7) is 0.900. The molecule has 4 heteroatoms. The monoisotopic (exact) mass is 264 g/mol. The lowest BCUT2D eigenvalue weighted by Crippen LogP contribution is -2.39. The fraction of sp³-hybridized carbons (Fsp3) is 0.571. The number of nitrogens with zero attached hydrogens (tertiary/aromatic N) is 2. The molecule has 0 radical (unpaired) electrons. The minimum absolute atomic E-state index is 0.119. The Hall–Kier alpha value is -1.09. The zero-order valence-corrected chi connectivity index (χ0v) is 11.1. The first-order chi connectivity index (χ1) is 8.75. The van der Waals surface area contributed by atoms with Gasteiger partial charge in [0.15, 0.2) is 0 Å². The smallest absolute Gasteiger partial charge is 0.255 e. The minimum Gasteiger partial charge on any atom is -0.335 e. The number of hydrogen-bond acceptors (Lipinski definition) is 2. The number of fused-ring (bicyclic) bond motifs is 1. The van der Waals surface area contributed by atoms with Gasteiger partial charge in [-0.25, -0.2) is 4.98 Å². The van der Waals surface area contributed by atoms with Crippen molar-refractivity contribution >= 4 is 17.5 Å². The SMILES string of the molecule is O=C(c1ccc(Cl)nc1)N1CCC2CCCCC21. The number of pyridine rings is 1. The van der Waals surface area contributed by atoms with E-state index in [0.29, 0.717) is 16.8 Å². The standard InChI is InChI=1S/C14H17ClN2O/c15-13-6-5-11(9-16-13)14(18)17-8-7-10-3-1-2-4-12(10)17/h5-6,9-10,12H,1-4,7-8H2. The van der Waals surface area contributed by atoms with Crippen LogP contribution in [0.4, 0.5) is 0 Å². The lowest BCUT2D eigenvalue weighted by molar-refractivity contribution is 0.0689. The predicted octanol–water partition coefficient (Wildman–Crippen LogP) is 3.14. The molecule has 96 valence electrons. The Morgan fingerprint density at radius 2 is 2.11 bits per heavy atom. The van der Waals surface area contributed by atoms with Gasteiger partial charge in [0, 0.05) is 18.8 Å². The van der Waals surface area contributed by atoms with Crippen LogP contribution in [0.1, 0.15) is 42.5 Å². The Morgan fingerprint density at radius 3 is 2.89 bits per heavy atom. The maximum Gasteiger partial charge on any atom is 0.255 e. The predicted molar refractivity (Wildman–Crippen MR) is 70.6 cm³/mol. The van der Waals surface area contributed by atoms with Gasteiger partial charge in [0.25, 0.3) is 5.91 Å². The molecule has 0 N–H and O–H groups in total. The molecule has 2 unspecified atom stereocenters. The van der Waals surface area contributed by atoms with Crippen LogP contribution in [-0.4, -0.2) is 28.4 Å². The molecule has 2 heterocycles. The average molecular weight is 265 g/mol. The van der Waals surface area contributed by atoms with Crippen LogP contribution in [0.25, 0.3) is 0 Å². The van der Waals surface area contributed by atoms with Crippen LogP contribution in [0.5, 0.6) is 0 Å². The van der Waals surface area contributed by atoms with Crippen LogP contribution in [0.3, 0.4) is 0 Å². The Bertz CT molecular complexity index is 446. The van der Waals surface area contributed by atoms with Crippen molar-refractivity contribution in [1.29, 1.82) is 0 Å². The number of aromatic nitrogens is 1. The van der Waals surface area contributed by atoms with Gasteiger partial charge in [0.1, 0.15) is 5.15 Å². The van der Waals surface area contributed by atoms with Crippen LogP contribution in [0, 0.1) is 5.92 Å². The first kappa shape index (κ1) is 12.0. The second kappa shape index (κ2) is 4.88. The quantitative estimate of drug-likeness (QED) is 0.730. The lowest BCUT2D eigenvalue weighted by atomic mass is 9.85. The van der Waals surface area contributed by atoms with Crippen molar-refractivity contribution < 1.29 is 4.79 Å². The number of rotatable bonds is 1. The van der Waals surface area contributed by atoms with Gasteiger partial charge in [-0.15, -0.1) is 0 Å². The molecule has 18 heavy (non-hydrogen) atoms. The summed E-state index contributed by atoms with van der Waals surface area (Å²) in [4.78, 5) is 18.5. The number of amides is 1. The minimum atomic E-state index is 0.119. The summed E-state index contributed by atoms with van der Waals surface area (Å²) in [5.41, 5.74) is 0.658. The molecule has 1 aromatic rings. The molecule has 1 saturated heterocycles. The largest absolute Gasteiger partial charge is 0.335 e. The highest BCUT2D eigenvalue weighted by atomic mass is 35.5. The highest BCUT2D eigenvalue weighted by molar-refractivity contribution is 6.29. The summed E-state index contributed by atoms with van der Waals surface area (Å²) in [7, 11) is 0. The molecule has 3 rings (SSSR count). The van der Waals surface area contributed by atoms with Crippen molar-refractivity contribution in [3.05, 3.63) is 29.0 Å². The van der Waals surface area contributed by atoms with E-state index in [1.807, 2.05) is 0 Å². The second-order valence-corrected chi connectivity index (χ2v) is 5.66. The molecule has 1 aliphatic carbocycles.